The number of methoxy groups -OCH3 is 1. The highest BCUT2D eigenvalue weighted by atomic mass is 32.1. The molecule has 0 unspecified atom stereocenters. The van der Waals surface area contributed by atoms with Crippen LogP contribution in [0.1, 0.15) is 12.0 Å². The van der Waals surface area contributed by atoms with Gasteiger partial charge in [0.15, 0.2) is 5.82 Å². The third-order valence-electron chi connectivity index (χ3n) is 5.21. The van der Waals surface area contributed by atoms with Crippen molar-refractivity contribution in [2.24, 2.45) is 0 Å². The van der Waals surface area contributed by atoms with Crippen molar-refractivity contribution in [3.8, 4) is 23.0 Å². The van der Waals surface area contributed by atoms with Gasteiger partial charge in [-0.2, -0.15) is 0 Å². The lowest BCUT2D eigenvalue weighted by Gasteiger charge is -2.09. The van der Waals surface area contributed by atoms with Gasteiger partial charge >= 0.3 is 0 Å². The van der Waals surface area contributed by atoms with Gasteiger partial charge in [0.05, 0.1) is 35.5 Å². The van der Waals surface area contributed by atoms with Crippen molar-refractivity contribution < 1.29 is 9.47 Å². The Labute approximate surface area is 187 Å². The molecule has 4 aromatic heterocycles. The first kappa shape index (κ1) is 20.1. The second-order valence-electron chi connectivity index (χ2n) is 7.26. The fourth-order valence-corrected chi connectivity index (χ4v) is 4.32. The first-order chi connectivity index (χ1) is 15.7. The Morgan fingerprint density at radius 2 is 2.06 bits per heavy atom. The van der Waals surface area contributed by atoms with E-state index in [0.717, 1.165) is 34.2 Å². The van der Waals surface area contributed by atoms with Gasteiger partial charge in [0.1, 0.15) is 17.2 Å². The molecule has 1 N–H and O–H groups in total. The molecule has 0 aliphatic carbocycles. The Morgan fingerprint density at radius 3 is 2.97 bits per heavy atom. The van der Waals surface area contributed by atoms with Gasteiger partial charge in [-0.15, -0.1) is 11.3 Å². The van der Waals surface area contributed by atoms with Gasteiger partial charge in [0.25, 0.3) is 5.56 Å². The van der Waals surface area contributed by atoms with Crippen LogP contribution in [0, 0.1) is 0 Å². The van der Waals surface area contributed by atoms with Crippen LogP contribution in [0.15, 0.2) is 65.2 Å². The highest BCUT2D eigenvalue weighted by Gasteiger charge is 2.10. The Bertz CT molecular complexity index is 1460. The van der Waals surface area contributed by atoms with E-state index in [2.05, 4.69) is 19.9 Å². The number of nitrogens with one attached hydrogen (secondary N) is 1. The number of rotatable bonds is 7. The zero-order valence-electron chi connectivity index (χ0n) is 17.4. The molecule has 0 aliphatic rings. The highest BCUT2D eigenvalue weighted by Crippen LogP contribution is 2.25. The first-order valence-electron chi connectivity index (χ1n) is 10.2. The summed E-state index contributed by atoms with van der Waals surface area (Å²) in [5.74, 6) is 1.87. The van der Waals surface area contributed by atoms with Crippen LogP contribution >= 0.6 is 11.3 Å². The average Bonchev–Trinajstić information content (AvgIpc) is 3.30. The second kappa shape index (κ2) is 8.76. The fraction of sp³-hybridized carbons (Fsp3) is 0.167. The number of fused-ring (bicyclic) bond motifs is 2. The van der Waals surface area contributed by atoms with E-state index < -0.39 is 0 Å². The maximum absolute atomic E-state index is 12.7. The second-order valence-corrected chi connectivity index (χ2v) is 8.21. The Hall–Kier alpha value is -3.78. The van der Waals surface area contributed by atoms with Crippen LogP contribution in [0.3, 0.4) is 0 Å². The summed E-state index contributed by atoms with van der Waals surface area (Å²) in [4.78, 5) is 28.7. The number of aromatic amines is 1. The highest BCUT2D eigenvalue weighted by molar-refractivity contribution is 7.17. The molecule has 0 saturated carbocycles. The number of H-pyrrole nitrogens is 1. The minimum absolute atomic E-state index is 0.218. The summed E-state index contributed by atoms with van der Waals surface area (Å²) in [6.45, 7) is 0.519. The molecule has 0 amide bonds. The Kier molecular flexibility index (Phi) is 5.51. The van der Waals surface area contributed by atoms with E-state index in [9.17, 15) is 4.79 Å². The molecular formula is C24H20N4O3S. The molecule has 5 rings (SSSR count). The quantitative estimate of drug-likeness (QED) is 0.369. The Balaban J connectivity index is 1.31. The van der Waals surface area contributed by atoms with Crippen molar-refractivity contribution >= 4 is 32.3 Å². The molecule has 5 aromatic rings. The zero-order chi connectivity index (χ0) is 21.9. The maximum Gasteiger partial charge on any atom is 0.259 e. The molecular weight excluding hydrogens is 424 g/mol. The third kappa shape index (κ3) is 4.04. The van der Waals surface area contributed by atoms with Crippen molar-refractivity contribution in [2.45, 2.75) is 12.8 Å². The number of ether oxygens (including phenoxy) is 2. The molecule has 0 atom stereocenters. The minimum atomic E-state index is -0.218. The summed E-state index contributed by atoms with van der Waals surface area (Å²) in [5, 5.41) is 3.58. The van der Waals surface area contributed by atoms with Crippen molar-refractivity contribution in [3.05, 3.63) is 76.3 Å². The Morgan fingerprint density at radius 1 is 1.12 bits per heavy atom. The van der Waals surface area contributed by atoms with Crippen LogP contribution in [0.2, 0.25) is 0 Å². The molecule has 7 nitrogen and oxygen atoms in total. The summed E-state index contributed by atoms with van der Waals surface area (Å²) in [6, 6.07) is 11.3. The number of benzene rings is 1. The van der Waals surface area contributed by atoms with Gasteiger partial charge in [0, 0.05) is 12.4 Å². The van der Waals surface area contributed by atoms with Gasteiger partial charge < -0.3 is 14.5 Å². The summed E-state index contributed by atoms with van der Waals surface area (Å²) < 4.78 is 12.3. The third-order valence-corrected chi connectivity index (χ3v) is 6.08. The molecule has 0 fully saturated rings. The number of hydrogen-bond acceptors (Lipinski definition) is 7. The minimum Gasteiger partial charge on any atom is -0.495 e. The molecule has 1 aromatic carbocycles. The molecule has 160 valence electrons. The van der Waals surface area contributed by atoms with E-state index in [1.54, 1.807) is 49.2 Å². The molecule has 0 bridgehead atoms. The van der Waals surface area contributed by atoms with Crippen molar-refractivity contribution in [3.63, 3.8) is 0 Å². The summed E-state index contributed by atoms with van der Waals surface area (Å²) in [7, 11) is 1.64. The van der Waals surface area contributed by atoms with Gasteiger partial charge in [-0.25, -0.2) is 4.98 Å². The standard InChI is InChI=1S/C24H20N4O3S/c1-30-21-13-25-8-6-15(21)3-2-9-31-17-4-5-19-18(12-17)24(29)28-23(27-19)20-11-16-7-10-32-22(16)14-26-20/h4-8,10-14H,2-3,9H2,1H3,(H,27,28,29). The average molecular weight is 445 g/mol. The van der Waals surface area contributed by atoms with Crippen LogP contribution in [0.25, 0.3) is 32.5 Å². The molecule has 0 saturated heterocycles. The SMILES string of the molecule is COc1cnccc1CCCOc1ccc2nc(-c3cc4ccsc4cn3)[nH]c(=O)c2c1. The van der Waals surface area contributed by atoms with Crippen LogP contribution in [0.5, 0.6) is 11.5 Å². The van der Waals surface area contributed by atoms with E-state index in [1.165, 1.54) is 0 Å². The maximum atomic E-state index is 12.7. The van der Waals surface area contributed by atoms with Gasteiger partial charge in [-0.3, -0.25) is 14.8 Å². The smallest absolute Gasteiger partial charge is 0.259 e. The number of nitrogens with zero attached hydrogens (tertiary/aromatic N) is 3. The predicted molar refractivity (Wildman–Crippen MR) is 126 cm³/mol. The van der Waals surface area contributed by atoms with Gasteiger partial charge in [-0.1, -0.05) is 0 Å². The predicted octanol–water partition coefficient (Wildman–Crippen LogP) is 4.62. The summed E-state index contributed by atoms with van der Waals surface area (Å²) in [5.41, 5.74) is 2.11. The van der Waals surface area contributed by atoms with E-state index in [1.807, 2.05) is 29.6 Å². The number of hydrogen-bond donors (Lipinski definition) is 1. The fourth-order valence-electron chi connectivity index (χ4n) is 3.58. The van der Waals surface area contributed by atoms with E-state index in [-0.39, 0.29) is 5.56 Å². The van der Waals surface area contributed by atoms with Gasteiger partial charge in [-0.05, 0) is 65.6 Å². The topological polar surface area (TPSA) is 90.0 Å². The van der Waals surface area contributed by atoms with Crippen molar-refractivity contribution in [1.82, 2.24) is 19.9 Å². The lowest BCUT2D eigenvalue weighted by atomic mass is 10.1. The van der Waals surface area contributed by atoms with E-state index in [0.29, 0.717) is 34.8 Å². The lowest BCUT2D eigenvalue weighted by molar-refractivity contribution is 0.310. The molecule has 0 spiro atoms. The zero-order valence-corrected chi connectivity index (χ0v) is 18.2. The number of aryl methyl sites for hydroxylation is 1. The van der Waals surface area contributed by atoms with Crippen molar-refractivity contribution in [1.29, 1.82) is 0 Å². The lowest BCUT2D eigenvalue weighted by Crippen LogP contribution is -2.10. The molecule has 32 heavy (non-hydrogen) atoms. The monoisotopic (exact) mass is 444 g/mol. The summed E-state index contributed by atoms with van der Waals surface area (Å²) >= 11 is 1.63. The molecule has 0 aliphatic heterocycles. The van der Waals surface area contributed by atoms with Crippen LogP contribution in [-0.2, 0) is 6.42 Å². The largest absolute Gasteiger partial charge is 0.495 e. The van der Waals surface area contributed by atoms with Crippen LogP contribution < -0.4 is 15.0 Å². The molecule has 4 heterocycles. The van der Waals surface area contributed by atoms with Gasteiger partial charge in [0.2, 0.25) is 0 Å². The molecule has 8 heteroatoms. The summed E-state index contributed by atoms with van der Waals surface area (Å²) in [6.07, 6.45) is 6.89. The van der Waals surface area contributed by atoms with Crippen LogP contribution in [-0.4, -0.2) is 33.7 Å². The van der Waals surface area contributed by atoms with Crippen molar-refractivity contribution in [2.75, 3.05) is 13.7 Å². The first-order valence-corrected chi connectivity index (χ1v) is 11.1. The van der Waals surface area contributed by atoms with E-state index >= 15 is 0 Å². The van der Waals surface area contributed by atoms with E-state index in [4.69, 9.17) is 9.47 Å². The number of thiophene rings is 1. The number of pyridine rings is 2. The van der Waals surface area contributed by atoms with Crippen LogP contribution in [0.4, 0.5) is 0 Å². The molecule has 0 radical (unpaired) electrons. The normalized spacial score (nSPS) is 11.2. The number of aromatic nitrogens is 4.